The van der Waals surface area contributed by atoms with Crippen LogP contribution in [0.5, 0.6) is 5.75 Å². The largest absolute Gasteiger partial charge is 0.490 e. The highest BCUT2D eigenvalue weighted by atomic mass is 19.4. The van der Waals surface area contributed by atoms with Crippen molar-refractivity contribution in [1.29, 1.82) is 0 Å². The van der Waals surface area contributed by atoms with Gasteiger partial charge in [0, 0.05) is 12.8 Å². The van der Waals surface area contributed by atoms with Crippen LogP contribution < -0.4 is 15.8 Å². The van der Waals surface area contributed by atoms with Gasteiger partial charge in [0.2, 0.25) is 5.91 Å². The average Bonchev–Trinajstić information content (AvgIpc) is 2.55. The van der Waals surface area contributed by atoms with Gasteiger partial charge in [-0.05, 0) is 30.8 Å². The molecule has 148 valence electrons. The zero-order valence-electron chi connectivity index (χ0n) is 14.3. The highest BCUT2D eigenvalue weighted by Gasteiger charge is 2.41. The van der Waals surface area contributed by atoms with Gasteiger partial charge in [-0.3, -0.25) is 9.59 Å². The summed E-state index contributed by atoms with van der Waals surface area (Å²) < 4.78 is 37.8. The Morgan fingerprint density at radius 2 is 1.85 bits per heavy atom. The molecule has 1 aromatic rings. The summed E-state index contributed by atoms with van der Waals surface area (Å²) in [4.78, 5) is 32.2. The normalized spacial score (nSPS) is 18.0. The first-order valence-electron chi connectivity index (χ1n) is 8.17. The lowest BCUT2D eigenvalue weighted by Gasteiger charge is -2.40. The average molecular weight is 388 g/mol. The molecule has 2 aliphatic heterocycles. The van der Waals surface area contributed by atoms with Crippen molar-refractivity contribution in [3.05, 3.63) is 29.3 Å². The van der Waals surface area contributed by atoms with Crippen LogP contribution in [-0.2, 0) is 16.0 Å². The van der Waals surface area contributed by atoms with Gasteiger partial charge in [0.1, 0.15) is 11.4 Å². The van der Waals surface area contributed by atoms with E-state index in [0.29, 0.717) is 17.7 Å². The maximum Gasteiger partial charge on any atom is 0.490 e. The molecule has 1 aromatic carbocycles. The van der Waals surface area contributed by atoms with Crippen molar-refractivity contribution in [2.45, 2.75) is 37.5 Å². The Morgan fingerprint density at radius 3 is 2.37 bits per heavy atom. The highest BCUT2D eigenvalue weighted by molar-refractivity contribution is 6.00. The molecule has 7 nitrogen and oxygen atoms in total. The summed E-state index contributed by atoms with van der Waals surface area (Å²) in [6, 6.07) is 5.32. The van der Waals surface area contributed by atoms with Gasteiger partial charge in [-0.15, -0.1) is 0 Å². The number of carboxylic acids is 1. The molecule has 0 unspecified atom stereocenters. The first-order valence-corrected chi connectivity index (χ1v) is 8.17. The molecule has 4 N–H and O–H groups in total. The second-order valence-corrected chi connectivity index (χ2v) is 6.41. The molecule has 2 aliphatic rings. The number of halogens is 3. The predicted octanol–water partition coefficient (Wildman–Crippen LogP) is 1.44. The minimum Gasteiger partial charge on any atom is -0.486 e. The van der Waals surface area contributed by atoms with E-state index in [1.54, 1.807) is 18.2 Å². The molecule has 0 aromatic heterocycles. The van der Waals surface area contributed by atoms with Crippen LogP contribution in [0, 0.1) is 0 Å². The van der Waals surface area contributed by atoms with Crippen molar-refractivity contribution >= 4 is 17.7 Å². The van der Waals surface area contributed by atoms with Crippen molar-refractivity contribution in [2.75, 3.05) is 13.1 Å². The van der Waals surface area contributed by atoms with E-state index < -0.39 is 18.1 Å². The lowest BCUT2D eigenvalue weighted by molar-refractivity contribution is -0.192. The third-order valence-electron chi connectivity index (χ3n) is 4.29. The lowest BCUT2D eigenvalue weighted by Crippen LogP contribution is -2.49. The van der Waals surface area contributed by atoms with Crippen LogP contribution in [0.4, 0.5) is 13.2 Å². The second kappa shape index (κ2) is 7.95. The van der Waals surface area contributed by atoms with Crippen LogP contribution in [0.3, 0.4) is 0 Å². The first-order chi connectivity index (χ1) is 12.5. The van der Waals surface area contributed by atoms with Crippen molar-refractivity contribution in [3.8, 4) is 5.75 Å². The number of carbonyl (C=O) groups excluding carboxylic acids is 2. The number of ketones is 1. The van der Waals surface area contributed by atoms with E-state index >= 15 is 0 Å². The zero-order chi connectivity index (χ0) is 20.2. The van der Waals surface area contributed by atoms with Crippen molar-refractivity contribution < 1.29 is 37.4 Å². The van der Waals surface area contributed by atoms with Gasteiger partial charge in [0.15, 0.2) is 5.78 Å². The van der Waals surface area contributed by atoms with Gasteiger partial charge < -0.3 is 20.9 Å². The standard InChI is InChI=1S/C15H18N2O3.C2HF3O2/c16-14(19)8-10-1-2-13-11(7-10)12(18)9-15(20-13)3-5-17-6-4-15;3-2(4,5)1(6)7/h1-2,7,17H,3-6,8-9H2,(H2,16,19);(H,6,7). The SMILES string of the molecule is NC(=O)Cc1ccc2c(c1)C(=O)CC1(CCNCC1)O2.O=C(O)C(F)(F)F. The zero-order valence-corrected chi connectivity index (χ0v) is 14.3. The topological polar surface area (TPSA) is 119 Å². The molecule has 0 radical (unpaired) electrons. The van der Waals surface area contributed by atoms with Crippen molar-refractivity contribution in [2.24, 2.45) is 5.73 Å². The maximum absolute atomic E-state index is 12.4. The van der Waals surface area contributed by atoms with E-state index in [-0.39, 0.29) is 17.8 Å². The van der Waals surface area contributed by atoms with Crippen LogP contribution in [0.15, 0.2) is 18.2 Å². The lowest BCUT2D eigenvalue weighted by atomic mass is 9.82. The molecule has 3 rings (SSSR count). The van der Waals surface area contributed by atoms with Crippen LogP contribution in [0.2, 0.25) is 0 Å². The number of nitrogens with one attached hydrogen (secondary N) is 1. The van der Waals surface area contributed by atoms with Gasteiger partial charge in [0.05, 0.1) is 18.4 Å². The summed E-state index contributed by atoms with van der Waals surface area (Å²) in [5.41, 5.74) is 6.17. The number of rotatable bonds is 2. The summed E-state index contributed by atoms with van der Waals surface area (Å²) in [6.07, 6.45) is -2.82. The summed E-state index contributed by atoms with van der Waals surface area (Å²) in [7, 11) is 0. The number of ether oxygens (including phenoxy) is 1. The number of benzene rings is 1. The van der Waals surface area contributed by atoms with E-state index in [1.165, 1.54) is 0 Å². The number of hydrogen-bond donors (Lipinski definition) is 3. The monoisotopic (exact) mass is 388 g/mol. The smallest absolute Gasteiger partial charge is 0.486 e. The minimum absolute atomic E-state index is 0.0967. The van der Waals surface area contributed by atoms with Crippen LogP contribution in [0.1, 0.15) is 35.2 Å². The number of primary amides is 1. The Kier molecular flexibility index (Phi) is 6.09. The molecule has 0 aliphatic carbocycles. The molecule has 27 heavy (non-hydrogen) atoms. The molecule has 1 spiro atoms. The second-order valence-electron chi connectivity index (χ2n) is 6.41. The summed E-state index contributed by atoms with van der Waals surface area (Å²) >= 11 is 0. The third-order valence-corrected chi connectivity index (χ3v) is 4.29. The Balaban J connectivity index is 0.000000321. The highest BCUT2D eigenvalue weighted by Crippen LogP contribution is 2.38. The summed E-state index contributed by atoms with van der Waals surface area (Å²) in [6.45, 7) is 1.75. The number of amides is 1. The van der Waals surface area contributed by atoms with E-state index in [4.69, 9.17) is 20.4 Å². The number of carboxylic acid groups (broad SMARTS) is 1. The van der Waals surface area contributed by atoms with E-state index in [1.807, 2.05) is 0 Å². The molecule has 1 amide bonds. The maximum atomic E-state index is 12.4. The van der Waals surface area contributed by atoms with Crippen LogP contribution in [-0.4, -0.2) is 47.6 Å². The quantitative estimate of drug-likeness (QED) is 0.705. The molecule has 0 bridgehead atoms. The van der Waals surface area contributed by atoms with E-state index in [2.05, 4.69) is 5.32 Å². The van der Waals surface area contributed by atoms with Gasteiger partial charge >= 0.3 is 12.1 Å². The van der Waals surface area contributed by atoms with Gasteiger partial charge in [-0.25, -0.2) is 4.79 Å². The Bertz CT molecular complexity index is 743. The molecule has 1 fully saturated rings. The van der Waals surface area contributed by atoms with E-state index in [0.717, 1.165) is 31.5 Å². The first kappa shape index (κ1) is 20.7. The molecule has 0 atom stereocenters. The fraction of sp³-hybridized carbons (Fsp3) is 0.471. The Labute approximate surface area is 152 Å². The number of alkyl halides is 3. The van der Waals surface area contributed by atoms with E-state index in [9.17, 15) is 22.8 Å². The molecule has 10 heteroatoms. The van der Waals surface area contributed by atoms with Crippen LogP contribution in [0.25, 0.3) is 0 Å². The molecular formula is C17H19F3N2O5. The Morgan fingerprint density at radius 1 is 1.26 bits per heavy atom. The fourth-order valence-electron chi connectivity index (χ4n) is 3.01. The number of aliphatic carboxylic acids is 1. The number of carbonyl (C=O) groups is 3. The molecular weight excluding hydrogens is 369 g/mol. The molecule has 0 saturated carbocycles. The number of piperidine rings is 1. The molecule has 1 saturated heterocycles. The minimum atomic E-state index is -5.08. The fourth-order valence-corrected chi connectivity index (χ4v) is 3.01. The Hall–Kier alpha value is -2.62. The molecule has 2 heterocycles. The van der Waals surface area contributed by atoms with Crippen LogP contribution >= 0.6 is 0 Å². The summed E-state index contributed by atoms with van der Waals surface area (Å²) in [5.74, 6) is -2.42. The third kappa shape index (κ3) is 5.43. The number of hydrogen-bond acceptors (Lipinski definition) is 5. The number of nitrogens with two attached hydrogens (primary N) is 1. The van der Waals surface area contributed by atoms with Gasteiger partial charge in [0.25, 0.3) is 0 Å². The van der Waals surface area contributed by atoms with Crippen molar-refractivity contribution in [3.63, 3.8) is 0 Å². The predicted molar refractivity (Wildman–Crippen MR) is 87.4 cm³/mol. The summed E-state index contributed by atoms with van der Waals surface area (Å²) in [5, 5.41) is 10.4. The van der Waals surface area contributed by atoms with Crippen molar-refractivity contribution in [1.82, 2.24) is 5.32 Å². The number of fused-ring (bicyclic) bond motifs is 1. The van der Waals surface area contributed by atoms with Gasteiger partial charge in [-0.2, -0.15) is 13.2 Å². The van der Waals surface area contributed by atoms with Gasteiger partial charge in [-0.1, -0.05) is 6.07 Å². The number of Topliss-reactive ketones (excluding diaryl/α,β-unsaturated/α-hetero) is 1.